The molecule has 0 aromatic heterocycles. The van der Waals surface area contributed by atoms with E-state index >= 15 is 0 Å². The summed E-state index contributed by atoms with van der Waals surface area (Å²) in [5.41, 5.74) is 5.17. The van der Waals surface area contributed by atoms with Gasteiger partial charge in [-0.1, -0.05) is 60.7 Å². The van der Waals surface area contributed by atoms with Gasteiger partial charge in [-0.15, -0.1) is 0 Å². The van der Waals surface area contributed by atoms with Gasteiger partial charge in [-0.2, -0.15) is 0 Å². The molecule has 2 aliphatic heterocycles. The normalized spacial score (nSPS) is 20.9. The number of aryl methyl sites for hydroxylation is 1. The van der Waals surface area contributed by atoms with Gasteiger partial charge in [0, 0.05) is 23.5 Å². The summed E-state index contributed by atoms with van der Waals surface area (Å²) in [5.74, 6) is 1.51. The minimum absolute atomic E-state index is 0.213. The average molecular weight is 414 g/mol. The van der Waals surface area contributed by atoms with Crippen LogP contribution in [0.25, 0.3) is 0 Å². The Kier molecular flexibility index (Phi) is 5.95. The van der Waals surface area contributed by atoms with Crippen LogP contribution in [-0.2, 0) is 6.42 Å². The summed E-state index contributed by atoms with van der Waals surface area (Å²) in [6, 6.07) is 25.4. The Bertz CT molecular complexity index is 993. The Morgan fingerprint density at radius 3 is 2.42 bits per heavy atom. The molecule has 1 fully saturated rings. The third-order valence-corrected chi connectivity index (χ3v) is 6.86. The molecule has 2 heterocycles. The number of rotatable bonds is 6. The SMILES string of the molecule is Oc1ccc2c(c1)OC[C@H](c1ccccc1)[C@@H]2c1ccc(CCCN2CCCC2)cc1. The monoisotopic (exact) mass is 413 g/mol. The van der Waals surface area contributed by atoms with Crippen LogP contribution in [-0.4, -0.2) is 36.2 Å². The van der Waals surface area contributed by atoms with Crippen molar-refractivity contribution < 1.29 is 9.84 Å². The van der Waals surface area contributed by atoms with Crippen LogP contribution >= 0.6 is 0 Å². The van der Waals surface area contributed by atoms with E-state index in [2.05, 4.69) is 59.5 Å². The molecule has 3 aromatic rings. The third kappa shape index (κ3) is 4.47. The smallest absolute Gasteiger partial charge is 0.126 e. The molecule has 160 valence electrons. The minimum atomic E-state index is 0.213. The van der Waals surface area contributed by atoms with Gasteiger partial charge in [0.15, 0.2) is 0 Å². The molecule has 0 unspecified atom stereocenters. The summed E-state index contributed by atoms with van der Waals surface area (Å²) in [7, 11) is 0. The maximum absolute atomic E-state index is 9.94. The van der Waals surface area contributed by atoms with E-state index in [9.17, 15) is 5.11 Å². The fraction of sp³-hybridized carbons (Fsp3) is 0.357. The first-order chi connectivity index (χ1) is 15.3. The Morgan fingerprint density at radius 1 is 0.871 bits per heavy atom. The molecule has 0 saturated carbocycles. The van der Waals surface area contributed by atoms with Gasteiger partial charge < -0.3 is 14.7 Å². The first-order valence-electron chi connectivity index (χ1n) is 11.6. The molecular formula is C28H31NO2. The van der Waals surface area contributed by atoms with Crippen LogP contribution in [0.1, 0.15) is 53.4 Å². The molecule has 3 heteroatoms. The molecule has 5 rings (SSSR count). The van der Waals surface area contributed by atoms with Gasteiger partial charge in [-0.3, -0.25) is 0 Å². The van der Waals surface area contributed by atoms with Crippen LogP contribution in [0.4, 0.5) is 0 Å². The maximum atomic E-state index is 9.94. The lowest BCUT2D eigenvalue weighted by atomic mass is 9.75. The van der Waals surface area contributed by atoms with Crippen molar-refractivity contribution in [2.75, 3.05) is 26.2 Å². The number of benzene rings is 3. The summed E-state index contributed by atoms with van der Waals surface area (Å²) in [6.07, 6.45) is 5.09. The molecule has 31 heavy (non-hydrogen) atoms. The zero-order valence-corrected chi connectivity index (χ0v) is 18.0. The molecular weight excluding hydrogens is 382 g/mol. The summed E-state index contributed by atoms with van der Waals surface area (Å²) in [5, 5.41) is 9.94. The fourth-order valence-electron chi connectivity index (χ4n) is 5.20. The highest BCUT2D eigenvalue weighted by atomic mass is 16.5. The fourth-order valence-corrected chi connectivity index (χ4v) is 5.20. The van der Waals surface area contributed by atoms with Crippen LogP contribution < -0.4 is 4.74 Å². The molecule has 2 atom stereocenters. The number of phenols is 1. The third-order valence-electron chi connectivity index (χ3n) is 6.86. The van der Waals surface area contributed by atoms with Crippen molar-refractivity contribution in [1.82, 2.24) is 4.90 Å². The van der Waals surface area contributed by atoms with Gasteiger partial charge in [0.1, 0.15) is 11.5 Å². The van der Waals surface area contributed by atoms with Gasteiger partial charge in [0.05, 0.1) is 6.61 Å². The molecule has 0 amide bonds. The standard InChI is InChI=1S/C28H31NO2/c30-24-14-15-25-27(19-24)31-20-26(22-8-2-1-3-9-22)28(25)23-12-10-21(11-13-23)7-6-18-29-16-4-5-17-29/h1-3,8-15,19,26,28,30H,4-7,16-18,20H2/t26-,28-/m1/s1. The van der Waals surface area contributed by atoms with Crippen molar-refractivity contribution in [2.45, 2.75) is 37.5 Å². The molecule has 0 bridgehead atoms. The Morgan fingerprint density at radius 2 is 1.65 bits per heavy atom. The summed E-state index contributed by atoms with van der Waals surface area (Å²) < 4.78 is 6.08. The van der Waals surface area contributed by atoms with Gasteiger partial charge in [0.2, 0.25) is 0 Å². The number of likely N-dealkylation sites (tertiary alicyclic amines) is 1. The van der Waals surface area contributed by atoms with Gasteiger partial charge in [0.25, 0.3) is 0 Å². The van der Waals surface area contributed by atoms with E-state index in [1.165, 1.54) is 55.6 Å². The minimum Gasteiger partial charge on any atom is -0.508 e. The summed E-state index contributed by atoms with van der Waals surface area (Å²) in [6.45, 7) is 4.38. The lowest BCUT2D eigenvalue weighted by molar-refractivity contribution is 0.248. The van der Waals surface area contributed by atoms with Crippen molar-refractivity contribution in [3.63, 3.8) is 0 Å². The number of fused-ring (bicyclic) bond motifs is 1. The first-order valence-corrected chi connectivity index (χ1v) is 11.6. The van der Waals surface area contributed by atoms with E-state index in [0.717, 1.165) is 17.7 Å². The average Bonchev–Trinajstić information content (AvgIpc) is 3.33. The largest absolute Gasteiger partial charge is 0.508 e. The second-order valence-electron chi connectivity index (χ2n) is 8.92. The number of nitrogens with zero attached hydrogens (tertiary/aromatic N) is 1. The number of aromatic hydroxyl groups is 1. The molecule has 1 saturated heterocycles. The van der Waals surface area contributed by atoms with Crippen molar-refractivity contribution in [3.8, 4) is 11.5 Å². The highest BCUT2D eigenvalue weighted by molar-refractivity contribution is 5.50. The van der Waals surface area contributed by atoms with Crippen molar-refractivity contribution >= 4 is 0 Å². The predicted octanol–water partition coefficient (Wildman–Crippen LogP) is 5.73. The summed E-state index contributed by atoms with van der Waals surface area (Å²) >= 11 is 0. The van der Waals surface area contributed by atoms with E-state index in [0.29, 0.717) is 6.61 Å². The maximum Gasteiger partial charge on any atom is 0.126 e. The highest BCUT2D eigenvalue weighted by Crippen LogP contribution is 2.46. The number of ether oxygens (including phenoxy) is 1. The van der Waals surface area contributed by atoms with Crippen LogP contribution in [0.2, 0.25) is 0 Å². The first kappa shape index (κ1) is 20.1. The van der Waals surface area contributed by atoms with Gasteiger partial charge >= 0.3 is 0 Å². The lowest BCUT2D eigenvalue weighted by Crippen LogP contribution is -2.25. The van der Waals surface area contributed by atoms with E-state index in [-0.39, 0.29) is 17.6 Å². The van der Waals surface area contributed by atoms with Crippen LogP contribution in [0.3, 0.4) is 0 Å². The molecule has 0 spiro atoms. The van der Waals surface area contributed by atoms with E-state index in [1.54, 1.807) is 12.1 Å². The molecule has 1 N–H and O–H groups in total. The van der Waals surface area contributed by atoms with Crippen molar-refractivity contribution in [1.29, 1.82) is 0 Å². The Hall–Kier alpha value is -2.78. The Labute approximate surface area is 185 Å². The number of phenolic OH excluding ortho intramolecular Hbond substituents is 1. The second-order valence-corrected chi connectivity index (χ2v) is 8.92. The quantitative estimate of drug-likeness (QED) is 0.560. The molecule has 0 radical (unpaired) electrons. The van der Waals surface area contributed by atoms with E-state index in [4.69, 9.17) is 4.74 Å². The molecule has 2 aliphatic rings. The highest BCUT2D eigenvalue weighted by Gasteiger charge is 2.33. The van der Waals surface area contributed by atoms with Gasteiger partial charge in [-0.05, 0) is 68.1 Å². The van der Waals surface area contributed by atoms with E-state index < -0.39 is 0 Å². The number of hydrogen-bond acceptors (Lipinski definition) is 3. The van der Waals surface area contributed by atoms with Crippen LogP contribution in [0.5, 0.6) is 11.5 Å². The van der Waals surface area contributed by atoms with E-state index in [1.807, 2.05) is 6.07 Å². The summed E-state index contributed by atoms with van der Waals surface area (Å²) in [4.78, 5) is 2.59. The van der Waals surface area contributed by atoms with Crippen molar-refractivity contribution in [3.05, 3.63) is 95.1 Å². The van der Waals surface area contributed by atoms with Crippen molar-refractivity contribution in [2.24, 2.45) is 0 Å². The topological polar surface area (TPSA) is 32.7 Å². The van der Waals surface area contributed by atoms with Crippen LogP contribution in [0.15, 0.2) is 72.8 Å². The lowest BCUT2D eigenvalue weighted by Gasteiger charge is -2.34. The molecule has 0 aliphatic carbocycles. The van der Waals surface area contributed by atoms with Crippen LogP contribution in [0, 0.1) is 0 Å². The number of hydrogen-bond donors (Lipinski definition) is 1. The zero-order valence-electron chi connectivity index (χ0n) is 18.0. The second kappa shape index (κ2) is 9.15. The van der Waals surface area contributed by atoms with Gasteiger partial charge in [-0.25, -0.2) is 0 Å². The molecule has 3 aromatic carbocycles. The Balaban J connectivity index is 1.38. The zero-order chi connectivity index (χ0) is 21.0. The molecule has 3 nitrogen and oxygen atoms in total. The predicted molar refractivity (Wildman–Crippen MR) is 125 cm³/mol.